The normalized spacial score (nSPS) is 16.8. The van der Waals surface area contributed by atoms with Crippen molar-refractivity contribution in [3.63, 3.8) is 0 Å². The number of carbonyl (C=O) groups is 8. The van der Waals surface area contributed by atoms with Crippen molar-refractivity contribution in [2.24, 2.45) is 17.8 Å². The van der Waals surface area contributed by atoms with Crippen LogP contribution in [0, 0.1) is 17.8 Å². The second kappa shape index (κ2) is 38.0. The highest BCUT2D eigenvalue weighted by Gasteiger charge is 2.51. The van der Waals surface area contributed by atoms with Gasteiger partial charge >= 0.3 is 17.6 Å². The molecule has 1 saturated carbocycles. The zero-order valence-corrected chi connectivity index (χ0v) is 61.2. The molecule has 544 valence electrons. The molecule has 1 saturated heterocycles. The Balaban J connectivity index is 0.852. The van der Waals surface area contributed by atoms with Crippen LogP contribution < -0.4 is 48.0 Å². The summed E-state index contributed by atoms with van der Waals surface area (Å²) in [4.78, 5) is 131. The number of hydrogen-bond donors (Lipinski definition) is 8. The Morgan fingerprint density at radius 3 is 1.96 bits per heavy atom. The zero-order valence-electron chi connectivity index (χ0n) is 59.3. The van der Waals surface area contributed by atoms with Gasteiger partial charge in [-0.15, -0.1) is 11.8 Å². The lowest BCUT2D eigenvalue weighted by Gasteiger charge is -2.43. The Bertz CT molecular complexity index is 3730. The van der Waals surface area contributed by atoms with Crippen molar-refractivity contribution in [2.75, 3.05) is 31.4 Å². The lowest BCUT2D eigenvalue weighted by Crippen LogP contribution is -2.67. The van der Waals surface area contributed by atoms with Gasteiger partial charge in [0.25, 0.3) is 8.32 Å². The number of methoxy groups -OCH3 is 1. The van der Waals surface area contributed by atoms with Crippen molar-refractivity contribution in [3.05, 3.63) is 155 Å². The lowest BCUT2D eigenvalue weighted by molar-refractivity contribution is -0.147. The monoisotopic (exact) mass is 1420 g/mol. The van der Waals surface area contributed by atoms with E-state index in [1.165, 1.54) is 17.7 Å². The van der Waals surface area contributed by atoms with E-state index in [1.54, 1.807) is 62.3 Å². The number of aromatic amines is 1. The Morgan fingerprint density at radius 1 is 0.703 bits per heavy atom. The van der Waals surface area contributed by atoms with Gasteiger partial charge in [0.2, 0.25) is 35.4 Å². The second-order valence-corrected chi connectivity index (χ2v) is 33.6. The number of esters is 2. The number of carbonyl (C=O) groups excluding carboxylic acids is 8. The van der Waals surface area contributed by atoms with Crippen LogP contribution in [0.1, 0.15) is 149 Å². The number of amides is 6. The van der Waals surface area contributed by atoms with E-state index in [9.17, 15) is 48.3 Å². The highest BCUT2D eigenvalue weighted by molar-refractivity contribution is 8.00. The molecule has 0 bridgehead atoms. The maximum absolute atomic E-state index is 14.6. The molecule has 23 nitrogen and oxygen atoms in total. The minimum Gasteiger partial charge on any atom is -0.467 e. The summed E-state index contributed by atoms with van der Waals surface area (Å²) in [6.07, 6.45) is 6.10. The number of benzene rings is 4. The minimum absolute atomic E-state index is 0.000549. The molecule has 2 aromatic heterocycles. The van der Waals surface area contributed by atoms with Gasteiger partial charge in [0.05, 0.1) is 38.9 Å². The first kappa shape index (κ1) is 78.2. The van der Waals surface area contributed by atoms with Crippen molar-refractivity contribution in [3.8, 4) is 0 Å². The van der Waals surface area contributed by atoms with Crippen LogP contribution in [-0.4, -0.2) is 143 Å². The summed E-state index contributed by atoms with van der Waals surface area (Å²) in [5, 5.41) is 31.4. The Morgan fingerprint density at radius 2 is 1.33 bits per heavy atom. The summed E-state index contributed by atoms with van der Waals surface area (Å²) < 4.78 is 25.5. The second-order valence-electron chi connectivity index (χ2n) is 28.1. The third-order valence-corrected chi connectivity index (χ3v) is 24.6. The predicted octanol–water partition coefficient (Wildman–Crippen LogP) is 7.83. The van der Waals surface area contributed by atoms with Crippen LogP contribution >= 0.6 is 11.8 Å². The van der Waals surface area contributed by atoms with Gasteiger partial charge in [0, 0.05) is 61.2 Å². The van der Waals surface area contributed by atoms with Crippen LogP contribution in [-0.2, 0) is 69.8 Å². The smallest absolute Gasteiger partial charge is 0.351 e. The number of aliphatic hydroxyl groups is 1. The molecule has 8 N–H and O–H groups in total. The van der Waals surface area contributed by atoms with E-state index in [2.05, 4.69) is 86.9 Å². The number of aliphatic hydroxyl groups excluding tert-OH is 1. The van der Waals surface area contributed by atoms with Gasteiger partial charge in [-0.05, 0) is 95.0 Å². The average molecular weight is 1420 g/mol. The molecule has 1 aliphatic carbocycles. The number of hydrogen-bond acceptors (Lipinski definition) is 16. The molecule has 8 atom stereocenters. The third kappa shape index (κ3) is 22.8. The van der Waals surface area contributed by atoms with E-state index in [0.29, 0.717) is 12.4 Å². The number of H-pyrrole nitrogens is 1. The van der Waals surface area contributed by atoms with Crippen LogP contribution in [0.4, 0.5) is 5.82 Å². The largest absolute Gasteiger partial charge is 0.467 e. The molecule has 6 amide bonds. The molecule has 1 aliphatic heterocycles. The van der Waals surface area contributed by atoms with Gasteiger partial charge in [0.1, 0.15) is 41.6 Å². The van der Waals surface area contributed by atoms with Crippen LogP contribution in [0.3, 0.4) is 0 Å². The summed E-state index contributed by atoms with van der Waals surface area (Å²) in [6.45, 7) is 14.4. The Kier molecular flexibility index (Phi) is 29.4. The van der Waals surface area contributed by atoms with Crippen molar-refractivity contribution in [2.45, 2.75) is 198 Å². The third-order valence-electron chi connectivity index (χ3n) is 18.5. The number of para-hydroxylation sites is 1. The zero-order chi connectivity index (χ0) is 72.6. The summed E-state index contributed by atoms with van der Waals surface area (Å²) >= 11 is 1.56. The topological polar surface area (TPSA) is 317 Å². The number of unbranched alkanes of at least 4 members (excludes halogenated alkanes) is 1. The van der Waals surface area contributed by atoms with E-state index in [0.717, 1.165) is 64.5 Å². The molecule has 1 unspecified atom stereocenters. The number of fused-ring (bicyclic) bond motifs is 1. The highest BCUT2D eigenvalue weighted by Crippen LogP contribution is 2.39. The fourth-order valence-corrected chi connectivity index (χ4v) is 18.9. The number of nitrogens with one attached hydrogen (secondary N) is 7. The van der Waals surface area contributed by atoms with E-state index in [-0.39, 0.29) is 92.5 Å². The van der Waals surface area contributed by atoms with E-state index in [4.69, 9.17) is 18.6 Å². The van der Waals surface area contributed by atoms with Gasteiger partial charge in [-0.3, -0.25) is 38.1 Å². The lowest BCUT2D eigenvalue weighted by atomic mass is 9.90. The van der Waals surface area contributed by atoms with Gasteiger partial charge in [-0.1, -0.05) is 177 Å². The fraction of sp³-hybridized carbons (Fsp3) is 0.500. The molecule has 6 aromatic rings. The van der Waals surface area contributed by atoms with E-state index >= 15 is 0 Å². The van der Waals surface area contributed by atoms with Crippen molar-refractivity contribution >= 4 is 94.6 Å². The van der Waals surface area contributed by atoms with E-state index < -0.39 is 116 Å². The first-order valence-electron chi connectivity index (χ1n) is 35.3. The van der Waals surface area contributed by atoms with Gasteiger partial charge < -0.3 is 60.6 Å². The molecule has 0 spiro atoms. The highest BCUT2D eigenvalue weighted by atomic mass is 32.2. The number of ether oxygens (including phenoxy) is 3. The maximum Gasteiger partial charge on any atom is 0.351 e. The van der Waals surface area contributed by atoms with Gasteiger partial charge in [0.15, 0.2) is 0 Å². The van der Waals surface area contributed by atoms with Gasteiger partial charge in [-0.2, -0.15) is 4.98 Å². The number of nitrogens with zero attached hydrogens (tertiary/aromatic N) is 2. The standard InChI is InChI=1S/C76H101N9O14SSi/c1-49(2)41-59(62(86)44-66(89)78-58(37-38-68(90)97-46-52-27-15-10-16-28-52)71(91)81-61(74(94)96-8)42-51-25-13-9-14-26-51)80-73(93)70(50(3)4)84-72(92)60(43-53-45-77-57-34-22-21-33-56(53)57)79-64(87)35-23-24-36-65(88)82-63-39-40-85(75(95)83-63)67-48-100-69(99-67)47-98-101(76(5,6)7,54-29-17-11-18-30-54)55-31-19-12-20-32-55/h9,11-14,17-22,25-26,29-34,39-40,45,49-50,52,58-62,67,69-70,77,86H,10,15-16,23-24,27-28,35-38,41-44,46-48H2,1-8H3,(H,78,89)(H,79,87)(H,80,93)(H,81,91)(H,84,92)(H,82,83,88,95)/t58-,59?,60-,61-,62-,67+,69-,70-/m0/s1. The van der Waals surface area contributed by atoms with Crippen molar-refractivity contribution in [1.82, 2.24) is 41.1 Å². The molecule has 0 radical (unpaired) electrons. The molecular weight excluding hydrogens is 1320 g/mol. The van der Waals surface area contributed by atoms with Crippen LogP contribution in [0.2, 0.25) is 5.04 Å². The maximum atomic E-state index is 14.6. The van der Waals surface area contributed by atoms with Crippen molar-refractivity contribution in [1.29, 1.82) is 0 Å². The first-order chi connectivity index (χ1) is 48.4. The predicted molar refractivity (Wildman–Crippen MR) is 391 cm³/mol. The Labute approximate surface area is 597 Å². The molecule has 4 aromatic carbocycles. The van der Waals surface area contributed by atoms with Crippen LogP contribution in [0.25, 0.3) is 10.9 Å². The molecule has 25 heteroatoms. The molecule has 2 fully saturated rings. The number of rotatable bonds is 36. The molecule has 8 rings (SSSR count). The molecule has 101 heavy (non-hydrogen) atoms. The number of thioether (sulfide) groups is 1. The molecule has 2 aliphatic rings. The summed E-state index contributed by atoms with van der Waals surface area (Å²) in [5.74, 6) is -4.89. The minimum atomic E-state index is -2.84. The van der Waals surface area contributed by atoms with E-state index in [1.807, 2.05) is 80.6 Å². The molecule has 3 heterocycles. The van der Waals surface area contributed by atoms with Gasteiger partial charge in [-0.25, -0.2) is 9.59 Å². The average Bonchev–Trinajstić information content (AvgIpc) is 1.11. The molecular formula is C76H101N9O14SSi. The SMILES string of the molecule is COC(=O)[C@H](Cc1ccccc1)NC(=O)[C@H](CCC(=O)OCC1CCCCC1)NC(=O)C[C@H](O)C(CC(C)C)NC(=O)[C@@H](NC(=O)[C@H](Cc1c[nH]c2ccccc12)NC(=O)CCCCC(=O)Nc1ccn([C@H]2CS[C@@H](CO[Si](c3ccccc3)(c3ccccc3)C(C)(C)C)O2)c(=O)n1)C(C)C. The first-order valence-corrected chi connectivity index (χ1v) is 38.3. The van der Waals surface area contributed by atoms with Crippen LogP contribution in [0.5, 0.6) is 0 Å². The summed E-state index contributed by atoms with van der Waals surface area (Å²) in [5.41, 5.74) is 1.31. The summed E-state index contributed by atoms with van der Waals surface area (Å²) in [7, 11) is -1.64. The number of anilines is 1. The number of aromatic nitrogens is 3. The Hall–Kier alpha value is -8.49. The quantitative estimate of drug-likeness (QED) is 0.0106. The van der Waals surface area contributed by atoms with Crippen molar-refractivity contribution < 1.29 is 62.1 Å². The van der Waals surface area contributed by atoms with Crippen LogP contribution in [0.15, 0.2) is 139 Å². The fourth-order valence-electron chi connectivity index (χ4n) is 13.2. The summed E-state index contributed by atoms with van der Waals surface area (Å²) in [6, 6.07) is 32.8.